The number of amides is 1. The molecule has 4 rings (SSSR count). The second kappa shape index (κ2) is 18.3. The van der Waals surface area contributed by atoms with Gasteiger partial charge in [0, 0.05) is 60.6 Å². The number of allylic oxidation sites excluding steroid dienone is 6. The molecule has 2 aliphatic rings. The predicted molar refractivity (Wildman–Crippen MR) is 198 cm³/mol. The van der Waals surface area contributed by atoms with Gasteiger partial charge in [0.05, 0.1) is 38.4 Å². The number of carbonyl (C=O) groups is 1. The van der Waals surface area contributed by atoms with Gasteiger partial charge in [-0.3, -0.25) is 4.79 Å². The van der Waals surface area contributed by atoms with Gasteiger partial charge in [-0.05, 0) is 50.8 Å². The molecule has 0 aliphatic carbocycles. The molecule has 0 saturated heterocycles. The number of carbonyl (C=O) groups excluding carboxylic acids is 1. The number of hydrogen-bond donors (Lipinski definition) is 1. The van der Waals surface area contributed by atoms with Crippen LogP contribution in [0.5, 0.6) is 0 Å². The topological polar surface area (TPSA) is 63.0 Å². The van der Waals surface area contributed by atoms with Crippen LogP contribution < -0.4 is 10.2 Å². The van der Waals surface area contributed by atoms with E-state index in [-0.39, 0.29) is 16.7 Å². The second-order valence-corrected chi connectivity index (χ2v) is 13.7. The third-order valence-electron chi connectivity index (χ3n) is 9.42. The quantitative estimate of drug-likeness (QED) is 0.0903. The highest BCUT2D eigenvalue weighted by Gasteiger charge is 2.42. The molecule has 260 valence electrons. The lowest BCUT2D eigenvalue weighted by Gasteiger charge is -2.27. The van der Waals surface area contributed by atoms with E-state index in [4.69, 9.17) is 14.2 Å². The highest BCUT2D eigenvalue weighted by atomic mass is 16.5. The highest BCUT2D eigenvalue weighted by Crippen LogP contribution is 2.47. The molecule has 7 heteroatoms. The van der Waals surface area contributed by atoms with E-state index in [0.717, 1.165) is 38.8 Å². The molecule has 1 amide bonds. The molecule has 2 aliphatic heterocycles. The second-order valence-electron chi connectivity index (χ2n) is 13.7. The fraction of sp³-hybridized carbons (Fsp3) is 0.512. The summed E-state index contributed by atoms with van der Waals surface area (Å²) in [5.41, 5.74) is 7.77. The van der Waals surface area contributed by atoms with E-state index in [2.05, 4.69) is 135 Å². The maximum absolute atomic E-state index is 12.3. The lowest BCUT2D eigenvalue weighted by atomic mass is 9.81. The van der Waals surface area contributed by atoms with Gasteiger partial charge in [0.1, 0.15) is 7.05 Å². The number of ether oxygens (including phenoxy) is 3. The van der Waals surface area contributed by atoms with E-state index in [1.807, 2.05) is 0 Å². The van der Waals surface area contributed by atoms with Crippen LogP contribution in [0.2, 0.25) is 0 Å². The molecule has 0 aromatic heterocycles. The largest absolute Gasteiger partial charge is 0.379 e. The zero-order chi connectivity index (χ0) is 34.4. The van der Waals surface area contributed by atoms with Crippen molar-refractivity contribution < 1.29 is 23.6 Å². The van der Waals surface area contributed by atoms with Crippen LogP contribution in [0.25, 0.3) is 0 Å². The molecule has 0 unspecified atom stereocenters. The summed E-state index contributed by atoms with van der Waals surface area (Å²) in [5, 5.41) is 2.97. The van der Waals surface area contributed by atoms with Crippen LogP contribution in [0.4, 0.5) is 11.4 Å². The lowest BCUT2D eigenvalue weighted by molar-refractivity contribution is -0.401. The first-order valence-electron chi connectivity index (χ1n) is 17.8. The Hall–Kier alpha value is -3.52. The lowest BCUT2D eigenvalue weighted by Crippen LogP contribution is -2.28. The van der Waals surface area contributed by atoms with Crippen molar-refractivity contribution in [2.24, 2.45) is 0 Å². The number of para-hydroxylation sites is 2. The predicted octanol–water partition coefficient (Wildman–Crippen LogP) is 7.62. The zero-order valence-electron chi connectivity index (χ0n) is 30.2. The number of benzene rings is 2. The summed E-state index contributed by atoms with van der Waals surface area (Å²) < 4.78 is 18.7. The maximum Gasteiger partial charge on any atom is 0.220 e. The molecule has 1 N–H and O–H groups in total. The van der Waals surface area contributed by atoms with Gasteiger partial charge in [-0.1, -0.05) is 81.8 Å². The van der Waals surface area contributed by atoms with E-state index >= 15 is 0 Å². The molecule has 2 heterocycles. The summed E-state index contributed by atoms with van der Waals surface area (Å²) in [6.07, 6.45) is 15.4. The van der Waals surface area contributed by atoms with Gasteiger partial charge in [-0.25, -0.2) is 0 Å². The van der Waals surface area contributed by atoms with Crippen LogP contribution in [-0.2, 0) is 29.8 Å². The Bertz CT molecular complexity index is 1470. The van der Waals surface area contributed by atoms with Crippen LogP contribution in [-0.4, -0.2) is 76.0 Å². The Balaban J connectivity index is 1.22. The van der Waals surface area contributed by atoms with Crippen LogP contribution in [0, 0.1) is 0 Å². The summed E-state index contributed by atoms with van der Waals surface area (Å²) >= 11 is 0. The minimum atomic E-state index is -0.0914. The molecule has 0 fully saturated rings. The standard InChI is InChI=1S/C41H57N3O4/c1-7-27-46-29-31-48-32-30-47-28-25-42-39(45)24-12-9-17-26-44-36-21-16-14-19-34(36)41(4,5)38(44)23-11-8-10-22-37-40(2,3)33-18-13-15-20-35(33)43(37)6/h8,10-11,13-16,18-23H,7,9,12,17,24-32H2,1-6H3/p+1. The van der Waals surface area contributed by atoms with Crippen molar-refractivity contribution in [2.75, 3.05) is 64.7 Å². The van der Waals surface area contributed by atoms with E-state index in [1.165, 1.54) is 33.9 Å². The molecule has 0 saturated carbocycles. The monoisotopic (exact) mass is 656 g/mol. The Morgan fingerprint density at radius 2 is 1.46 bits per heavy atom. The molecule has 48 heavy (non-hydrogen) atoms. The summed E-state index contributed by atoms with van der Waals surface area (Å²) in [6.45, 7) is 16.3. The zero-order valence-corrected chi connectivity index (χ0v) is 30.2. The van der Waals surface area contributed by atoms with Crippen LogP contribution >= 0.6 is 0 Å². The van der Waals surface area contributed by atoms with E-state index in [9.17, 15) is 4.79 Å². The van der Waals surface area contributed by atoms with Crippen molar-refractivity contribution in [2.45, 2.75) is 77.6 Å². The molecule has 0 radical (unpaired) electrons. The van der Waals surface area contributed by atoms with E-state index in [1.54, 1.807) is 0 Å². The molecule has 7 nitrogen and oxygen atoms in total. The summed E-state index contributed by atoms with van der Waals surface area (Å²) in [5.74, 6) is 0.0866. The smallest absolute Gasteiger partial charge is 0.220 e. The van der Waals surface area contributed by atoms with Crippen molar-refractivity contribution in [3.8, 4) is 0 Å². The summed E-state index contributed by atoms with van der Waals surface area (Å²) in [6, 6.07) is 17.4. The van der Waals surface area contributed by atoms with Gasteiger partial charge >= 0.3 is 0 Å². The number of nitrogens with zero attached hydrogens (tertiary/aromatic N) is 2. The van der Waals surface area contributed by atoms with Crippen molar-refractivity contribution >= 4 is 23.0 Å². The molecule has 2 aromatic carbocycles. The Morgan fingerprint density at radius 1 is 0.792 bits per heavy atom. The van der Waals surface area contributed by atoms with Gasteiger partial charge in [0.15, 0.2) is 5.71 Å². The van der Waals surface area contributed by atoms with Gasteiger partial charge in [-0.2, -0.15) is 4.58 Å². The third-order valence-corrected chi connectivity index (χ3v) is 9.42. The first kappa shape index (κ1) is 37.3. The maximum atomic E-state index is 12.3. The van der Waals surface area contributed by atoms with E-state index < -0.39 is 0 Å². The number of hydrogen-bond acceptors (Lipinski definition) is 5. The Morgan fingerprint density at radius 3 is 2.19 bits per heavy atom. The summed E-state index contributed by atoms with van der Waals surface area (Å²) in [4.78, 5) is 14.8. The van der Waals surface area contributed by atoms with E-state index in [0.29, 0.717) is 46.0 Å². The average molecular weight is 657 g/mol. The number of rotatable bonds is 20. The molecule has 0 bridgehead atoms. The average Bonchev–Trinajstić information content (AvgIpc) is 3.41. The van der Waals surface area contributed by atoms with Crippen LogP contribution in [0.1, 0.15) is 77.8 Å². The van der Waals surface area contributed by atoms with Gasteiger partial charge in [-0.15, -0.1) is 0 Å². The number of fused-ring (bicyclic) bond motifs is 2. The minimum absolute atomic E-state index is 0.0333. The van der Waals surface area contributed by atoms with Crippen molar-refractivity contribution in [3.63, 3.8) is 0 Å². The van der Waals surface area contributed by atoms with Gasteiger partial charge < -0.3 is 24.4 Å². The first-order valence-corrected chi connectivity index (χ1v) is 17.8. The highest BCUT2D eigenvalue weighted by molar-refractivity contribution is 6.03. The molecular formula is C41H58N3O4+. The minimum Gasteiger partial charge on any atom is -0.379 e. The number of nitrogens with one attached hydrogen (secondary N) is 1. The molecular weight excluding hydrogens is 598 g/mol. The van der Waals surface area contributed by atoms with Crippen LogP contribution in [0.3, 0.4) is 0 Å². The Labute approximate surface area is 289 Å². The molecule has 0 spiro atoms. The summed E-state index contributed by atoms with van der Waals surface area (Å²) in [7, 11) is 2.16. The van der Waals surface area contributed by atoms with Gasteiger partial charge in [0.2, 0.25) is 11.6 Å². The fourth-order valence-corrected chi connectivity index (χ4v) is 6.81. The number of anilines is 1. The van der Waals surface area contributed by atoms with Gasteiger partial charge in [0.25, 0.3) is 0 Å². The Kier molecular flexibility index (Phi) is 14.2. The molecule has 0 atom stereocenters. The van der Waals surface area contributed by atoms with Crippen molar-refractivity contribution in [1.82, 2.24) is 5.32 Å². The van der Waals surface area contributed by atoms with Crippen molar-refractivity contribution in [3.05, 3.63) is 95.7 Å². The fourth-order valence-electron chi connectivity index (χ4n) is 6.81. The number of unbranched alkanes of at least 4 members (excludes halogenated alkanes) is 2. The molecule has 2 aromatic rings. The third kappa shape index (κ3) is 9.55. The van der Waals surface area contributed by atoms with Crippen molar-refractivity contribution in [1.29, 1.82) is 0 Å². The van der Waals surface area contributed by atoms with Crippen LogP contribution in [0.15, 0.2) is 84.6 Å². The SMILES string of the molecule is CCCOCCOCCOCCNC(=O)CCCCCN1C(=CC=CC=CC2=[N+](C)c3ccccc3C2(C)C)C(C)(C)c2ccccc21. The normalized spacial score (nSPS) is 17.2. The first-order chi connectivity index (χ1) is 23.2.